The highest BCUT2D eigenvalue weighted by Gasteiger charge is 2.23. The van der Waals surface area contributed by atoms with E-state index in [9.17, 15) is 4.79 Å². The zero-order valence-electron chi connectivity index (χ0n) is 9.90. The standard InChI is InChI=1S/C10H20N4O2/c1-8(7-9(11)12)13(2)10(15)14-3-5-16-6-4-14/h8H,3-7H2,1-2H3,(H3,11,12). The summed E-state index contributed by atoms with van der Waals surface area (Å²) in [6.45, 7) is 4.35. The van der Waals surface area contributed by atoms with Crippen molar-refractivity contribution in [2.75, 3.05) is 33.4 Å². The molecule has 6 heteroatoms. The summed E-state index contributed by atoms with van der Waals surface area (Å²) in [5, 5.41) is 7.21. The van der Waals surface area contributed by atoms with Gasteiger partial charge in [-0.05, 0) is 6.92 Å². The maximum Gasteiger partial charge on any atom is 0.320 e. The van der Waals surface area contributed by atoms with Gasteiger partial charge < -0.3 is 20.3 Å². The van der Waals surface area contributed by atoms with Crippen LogP contribution in [-0.4, -0.2) is 61.1 Å². The van der Waals surface area contributed by atoms with E-state index >= 15 is 0 Å². The Morgan fingerprint density at radius 2 is 2.12 bits per heavy atom. The number of amides is 2. The van der Waals surface area contributed by atoms with Gasteiger partial charge in [0.1, 0.15) is 0 Å². The molecule has 0 aromatic heterocycles. The van der Waals surface area contributed by atoms with Crippen molar-refractivity contribution in [1.29, 1.82) is 5.41 Å². The first kappa shape index (κ1) is 12.8. The van der Waals surface area contributed by atoms with Crippen molar-refractivity contribution in [3.63, 3.8) is 0 Å². The van der Waals surface area contributed by atoms with Gasteiger partial charge in [-0.2, -0.15) is 0 Å². The first-order valence-electron chi connectivity index (χ1n) is 5.44. The molecule has 0 aromatic rings. The summed E-state index contributed by atoms with van der Waals surface area (Å²) in [7, 11) is 1.74. The van der Waals surface area contributed by atoms with E-state index in [1.807, 2.05) is 6.92 Å². The van der Waals surface area contributed by atoms with Gasteiger partial charge in [-0.15, -0.1) is 0 Å². The Morgan fingerprint density at radius 3 is 2.62 bits per heavy atom. The molecule has 0 radical (unpaired) electrons. The second kappa shape index (κ2) is 5.69. The van der Waals surface area contributed by atoms with E-state index < -0.39 is 0 Å². The molecule has 2 amide bonds. The van der Waals surface area contributed by atoms with Crippen LogP contribution < -0.4 is 5.73 Å². The number of nitrogens with one attached hydrogen (secondary N) is 1. The fraction of sp³-hybridized carbons (Fsp3) is 0.800. The van der Waals surface area contributed by atoms with Crippen LogP contribution in [0.5, 0.6) is 0 Å². The van der Waals surface area contributed by atoms with Crippen LogP contribution in [0.25, 0.3) is 0 Å². The quantitative estimate of drug-likeness (QED) is 0.530. The zero-order valence-corrected chi connectivity index (χ0v) is 9.90. The molecule has 0 bridgehead atoms. The third-order valence-corrected chi connectivity index (χ3v) is 2.76. The maximum absolute atomic E-state index is 12.0. The summed E-state index contributed by atoms with van der Waals surface area (Å²) in [5.41, 5.74) is 5.32. The predicted octanol–water partition coefficient (Wildman–Crippen LogP) is 0.0850. The maximum atomic E-state index is 12.0. The summed E-state index contributed by atoms with van der Waals surface area (Å²) in [4.78, 5) is 15.4. The average molecular weight is 228 g/mol. The van der Waals surface area contributed by atoms with Gasteiger partial charge in [0.25, 0.3) is 0 Å². The number of nitrogens with two attached hydrogens (primary N) is 1. The lowest BCUT2D eigenvalue weighted by Crippen LogP contribution is -2.49. The monoisotopic (exact) mass is 228 g/mol. The van der Waals surface area contributed by atoms with Crippen LogP contribution >= 0.6 is 0 Å². The molecule has 0 spiro atoms. The van der Waals surface area contributed by atoms with E-state index in [2.05, 4.69) is 0 Å². The van der Waals surface area contributed by atoms with E-state index in [-0.39, 0.29) is 17.9 Å². The molecular formula is C10H20N4O2. The summed E-state index contributed by atoms with van der Waals surface area (Å²) in [5.74, 6) is 0.106. The predicted molar refractivity (Wildman–Crippen MR) is 61.5 cm³/mol. The highest BCUT2D eigenvalue weighted by Crippen LogP contribution is 2.07. The van der Waals surface area contributed by atoms with Crippen molar-refractivity contribution < 1.29 is 9.53 Å². The minimum atomic E-state index is -0.0483. The van der Waals surface area contributed by atoms with E-state index in [1.54, 1.807) is 16.8 Å². The van der Waals surface area contributed by atoms with E-state index in [0.29, 0.717) is 32.7 Å². The summed E-state index contributed by atoms with van der Waals surface area (Å²) >= 11 is 0. The van der Waals surface area contributed by atoms with Crippen LogP contribution in [0, 0.1) is 5.41 Å². The van der Waals surface area contributed by atoms with E-state index in [0.717, 1.165) is 0 Å². The van der Waals surface area contributed by atoms with Crippen molar-refractivity contribution in [2.24, 2.45) is 5.73 Å². The lowest BCUT2D eigenvalue weighted by Gasteiger charge is -2.33. The number of nitrogens with zero attached hydrogens (tertiary/aromatic N) is 2. The van der Waals surface area contributed by atoms with Gasteiger partial charge in [-0.3, -0.25) is 5.41 Å². The molecule has 1 heterocycles. The number of hydrogen-bond acceptors (Lipinski definition) is 3. The van der Waals surface area contributed by atoms with Crippen molar-refractivity contribution in [2.45, 2.75) is 19.4 Å². The second-order valence-electron chi connectivity index (χ2n) is 4.07. The number of ether oxygens (including phenoxy) is 1. The van der Waals surface area contributed by atoms with Gasteiger partial charge in [-0.25, -0.2) is 4.79 Å². The minimum absolute atomic E-state index is 0.0166. The molecule has 1 unspecified atom stereocenters. The van der Waals surface area contributed by atoms with Gasteiger partial charge >= 0.3 is 6.03 Å². The lowest BCUT2D eigenvalue weighted by molar-refractivity contribution is 0.0428. The summed E-state index contributed by atoms with van der Waals surface area (Å²) in [6, 6.07) is -0.0649. The summed E-state index contributed by atoms with van der Waals surface area (Å²) in [6.07, 6.45) is 0.409. The minimum Gasteiger partial charge on any atom is -0.388 e. The SMILES string of the molecule is CC(CC(=N)N)N(C)C(=O)N1CCOCC1. The van der Waals surface area contributed by atoms with Crippen LogP contribution in [0.1, 0.15) is 13.3 Å². The van der Waals surface area contributed by atoms with Gasteiger partial charge in [0, 0.05) is 32.6 Å². The molecule has 0 aliphatic carbocycles. The van der Waals surface area contributed by atoms with Crippen LogP contribution in [0.15, 0.2) is 0 Å². The zero-order chi connectivity index (χ0) is 12.1. The molecule has 0 saturated carbocycles. The van der Waals surface area contributed by atoms with Crippen LogP contribution in [0.2, 0.25) is 0 Å². The largest absolute Gasteiger partial charge is 0.388 e. The molecule has 92 valence electrons. The smallest absolute Gasteiger partial charge is 0.320 e. The molecule has 6 nitrogen and oxygen atoms in total. The van der Waals surface area contributed by atoms with Crippen molar-refractivity contribution >= 4 is 11.9 Å². The number of amidine groups is 1. The third-order valence-electron chi connectivity index (χ3n) is 2.76. The summed E-state index contributed by atoms with van der Waals surface area (Å²) < 4.78 is 5.19. The lowest BCUT2D eigenvalue weighted by atomic mass is 10.2. The fourth-order valence-electron chi connectivity index (χ4n) is 1.62. The Labute approximate surface area is 95.8 Å². The van der Waals surface area contributed by atoms with Crippen molar-refractivity contribution in [1.82, 2.24) is 9.80 Å². The number of carbonyl (C=O) groups is 1. The number of urea groups is 1. The second-order valence-corrected chi connectivity index (χ2v) is 4.07. The fourth-order valence-corrected chi connectivity index (χ4v) is 1.62. The Morgan fingerprint density at radius 1 is 1.56 bits per heavy atom. The average Bonchev–Trinajstić information content (AvgIpc) is 2.27. The number of rotatable bonds is 3. The Kier molecular flexibility index (Phi) is 4.54. The van der Waals surface area contributed by atoms with Crippen LogP contribution in [0.4, 0.5) is 4.79 Å². The molecule has 1 saturated heterocycles. The number of hydrogen-bond donors (Lipinski definition) is 2. The van der Waals surface area contributed by atoms with E-state index in [1.165, 1.54) is 0 Å². The third kappa shape index (κ3) is 3.37. The Bertz CT molecular complexity index is 264. The molecular weight excluding hydrogens is 208 g/mol. The van der Waals surface area contributed by atoms with Gasteiger partial charge in [-0.1, -0.05) is 0 Å². The van der Waals surface area contributed by atoms with Gasteiger partial charge in [0.15, 0.2) is 0 Å². The van der Waals surface area contributed by atoms with Crippen LogP contribution in [0.3, 0.4) is 0 Å². The molecule has 1 atom stereocenters. The van der Waals surface area contributed by atoms with Gasteiger partial charge in [0.2, 0.25) is 0 Å². The molecule has 0 aromatic carbocycles. The molecule has 1 aliphatic heterocycles. The number of carbonyl (C=O) groups excluding carboxylic acids is 1. The van der Waals surface area contributed by atoms with Gasteiger partial charge in [0.05, 0.1) is 19.0 Å². The Hall–Kier alpha value is -1.30. The van der Waals surface area contributed by atoms with E-state index in [4.69, 9.17) is 15.9 Å². The molecule has 1 aliphatic rings. The first-order valence-corrected chi connectivity index (χ1v) is 5.44. The van der Waals surface area contributed by atoms with Crippen molar-refractivity contribution in [3.05, 3.63) is 0 Å². The molecule has 3 N–H and O–H groups in total. The molecule has 16 heavy (non-hydrogen) atoms. The highest BCUT2D eigenvalue weighted by molar-refractivity contribution is 5.79. The first-order chi connectivity index (χ1) is 7.52. The Balaban J connectivity index is 2.48. The topological polar surface area (TPSA) is 82.7 Å². The van der Waals surface area contributed by atoms with Crippen LogP contribution in [-0.2, 0) is 4.74 Å². The highest BCUT2D eigenvalue weighted by atomic mass is 16.5. The normalized spacial score (nSPS) is 18.0. The molecule has 1 rings (SSSR count). The van der Waals surface area contributed by atoms with Crippen molar-refractivity contribution in [3.8, 4) is 0 Å². The molecule has 1 fully saturated rings. The number of morpholine rings is 1.